The molecule has 0 amide bonds. The fourth-order valence-corrected chi connectivity index (χ4v) is 1.41. The largest absolute Gasteiger partial charge is 0.395 e. The van der Waals surface area contributed by atoms with Crippen molar-refractivity contribution >= 4 is 0 Å². The molecule has 1 atom stereocenters. The summed E-state index contributed by atoms with van der Waals surface area (Å²) in [6, 6.07) is 0.133. The molecule has 0 saturated carbocycles. The van der Waals surface area contributed by atoms with E-state index in [0.717, 1.165) is 12.2 Å². The lowest BCUT2D eigenvalue weighted by Crippen LogP contribution is -2.29. The van der Waals surface area contributed by atoms with Crippen LogP contribution in [-0.2, 0) is 13.6 Å². The van der Waals surface area contributed by atoms with Crippen molar-refractivity contribution in [1.82, 2.24) is 15.1 Å². The Labute approximate surface area is 84.9 Å². The zero-order valence-electron chi connectivity index (χ0n) is 9.33. The molecule has 1 heterocycles. The molecule has 0 unspecified atom stereocenters. The molecule has 1 rings (SSSR count). The molecule has 1 aromatic heterocycles. The number of aryl methyl sites for hydroxylation is 2. The van der Waals surface area contributed by atoms with Crippen LogP contribution in [0.25, 0.3) is 0 Å². The van der Waals surface area contributed by atoms with Crippen LogP contribution in [0, 0.1) is 13.8 Å². The van der Waals surface area contributed by atoms with E-state index in [2.05, 4.69) is 17.3 Å². The number of hydrogen-bond acceptors (Lipinski definition) is 3. The molecule has 0 aliphatic heterocycles. The Bertz CT molecular complexity index is 307. The minimum Gasteiger partial charge on any atom is -0.395 e. The predicted octanol–water partition coefficient (Wildman–Crippen LogP) is 0.507. The maximum absolute atomic E-state index is 8.87. The number of nitrogens with zero attached hydrogens (tertiary/aromatic N) is 2. The standard InChI is InChI=1S/C10H19N3O/c1-7(6-14)11-5-10-8(2)12-13(4)9(10)3/h7,11,14H,5-6H2,1-4H3/t7-/m1/s1. The van der Waals surface area contributed by atoms with Gasteiger partial charge < -0.3 is 10.4 Å². The van der Waals surface area contributed by atoms with Gasteiger partial charge in [-0.1, -0.05) is 0 Å². The van der Waals surface area contributed by atoms with Gasteiger partial charge in [0, 0.05) is 30.9 Å². The lowest BCUT2D eigenvalue weighted by molar-refractivity contribution is 0.251. The van der Waals surface area contributed by atoms with E-state index < -0.39 is 0 Å². The highest BCUT2D eigenvalue weighted by molar-refractivity contribution is 5.24. The van der Waals surface area contributed by atoms with Gasteiger partial charge in [0.05, 0.1) is 12.3 Å². The van der Waals surface area contributed by atoms with Gasteiger partial charge in [-0.3, -0.25) is 4.68 Å². The minimum absolute atomic E-state index is 0.133. The number of rotatable bonds is 4. The van der Waals surface area contributed by atoms with E-state index in [1.807, 2.05) is 25.6 Å². The fraction of sp³-hybridized carbons (Fsp3) is 0.700. The molecule has 0 aromatic carbocycles. The first-order chi connectivity index (χ1) is 6.56. The first kappa shape index (κ1) is 11.2. The van der Waals surface area contributed by atoms with Gasteiger partial charge in [-0.2, -0.15) is 5.10 Å². The molecule has 4 heteroatoms. The van der Waals surface area contributed by atoms with Crippen molar-refractivity contribution in [2.75, 3.05) is 6.61 Å². The minimum atomic E-state index is 0.133. The van der Waals surface area contributed by atoms with Crippen molar-refractivity contribution in [2.24, 2.45) is 7.05 Å². The van der Waals surface area contributed by atoms with Crippen LogP contribution < -0.4 is 5.32 Å². The summed E-state index contributed by atoms with van der Waals surface area (Å²) >= 11 is 0. The summed E-state index contributed by atoms with van der Waals surface area (Å²) < 4.78 is 1.88. The third-order valence-corrected chi connectivity index (χ3v) is 2.56. The van der Waals surface area contributed by atoms with Crippen LogP contribution in [-0.4, -0.2) is 27.5 Å². The highest BCUT2D eigenvalue weighted by atomic mass is 16.3. The van der Waals surface area contributed by atoms with Crippen LogP contribution in [0.5, 0.6) is 0 Å². The summed E-state index contributed by atoms with van der Waals surface area (Å²) in [5.74, 6) is 0. The molecule has 0 fully saturated rings. The number of aliphatic hydroxyl groups excluding tert-OH is 1. The van der Waals surface area contributed by atoms with E-state index in [0.29, 0.717) is 0 Å². The zero-order valence-corrected chi connectivity index (χ0v) is 9.33. The number of nitrogens with one attached hydrogen (secondary N) is 1. The molecule has 4 nitrogen and oxygen atoms in total. The van der Waals surface area contributed by atoms with Crippen LogP contribution in [0.1, 0.15) is 23.9 Å². The second-order valence-electron chi connectivity index (χ2n) is 3.74. The first-order valence-corrected chi connectivity index (χ1v) is 4.89. The number of aliphatic hydroxyl groups is 1. The Morgan fingerprint density at radius 3 is 2.57 bits per heavy atom. The van der Waals surface area contributed by atoms with E-state index >= 15 is 0 Å². The molecule has 0 aliphatic carbocycles. The number of aromatic nitrogens is 2. The third-order valence-electron chi connectivity index (χ3n) is 2.56. The van der Waals surface area contributed by atoms with Crippen molar-refractivity contribution in [3.63, 3.8) is 0 Å². The number of hydrogen-bond donors (Lipinski definition) is 2. The predicted molar refractivity (Wildman–Crippen MR) is 56.1 cm³/mol. The molecular formula is C10H19N3O. The molecule has 0 bridgehead atoms. The monoisotopic (exact) mass is 197 g/mol. The van der Waals surface area contributed by atoms with Gasteiger partial charge in [-0.05, 0) is 20.8 Å². The van der Waals surface area contributed by atoms with E-state index in [1.165, 1.54) is 11.3 Å². The van der Waals surface area contributed by atoms with Gasteiger partial charge in [0.1, 0.15) is 0 Å². The molecule has 0 aliphatic rings. The molecular weight excluding hydrogens is 178 g/mol. The molecule has 0 saturated heterocycles. The van der Waals surface area contributed by atoms with Gasteiger partial charge in [-0.25, -0.2) is 0 Å². The Balaban J connectivity index is 2.67. The van der Waals surface area contributed by atoms with Gasteiger partial charge in [0.25, 0.3) is 0 Å². The Morgan fingerprint density at radius 2 is 2.14 bits per heavy atom. The molecule has 1 aromatic rings. The Kier molecular flexibility index (Phi) is 3.66. The zero-order chi connectivity index (χ0) is 10.7. The summed E-state index contributed by atoms with van der Waals surface area (Å²) in [6.07, 6.45) is 0. The van der Waals surface area contributed by atoms with Gasteiger partial charge in [0.15, 0.2) is 0 Å². The quantitative estimate of drug-likeness (QED) is 0.739. The second kappa shape index (κ2) is 4.57. The molecule has 14 heavy (non-hydrogen) atoms. The van der Waals surface area contributed by atoms with E-state index in [-0.39, 0.29) is 12.6 Å². The summed E-state index contributed by atoms with van der Waals surface area (Å²) in [5, 5.41) is 16.4. The van der Waals surface area contributed by atoms with Gasteiger partial charge >= 0.3 is 0 Å². The van der Waals surface area contributed by atoms with E-state index in [4.69, 9.17) is 5.11 Å². The summed E-state index contributed by atoms with van der Waals surface area (Å²) in [4.78, 5) is 0. The third kappa shape index (κ3) is 2.33. The highest BCUT2D eigenvalue weighted by Gasteiger charge is 2.09. The first-order valence-electron chi connectivity index (χ1n) is 4.89. The highest BCUT2D eigenvalue weighted by Crippen LogP contribution is 2.11. The van der Waals surface area contributed by atoms with Crippen molar-refractivity contribution in [2.45, 2.75) is 33.4 Å². The molecule has 2 N–H and O–H groups in total. The fourth-order valence-electron chi connectivity index (χ4n) is 1.41. The lowest BCUT2D eigenvalue weighted by atomic mass is 10.2. The second-order valence-corrected chi connectivity index (χ2v) is 3.74. The Hall–Kier alpha value is -0.870. The van der Waals surface area contributed by atoms with E-state index in [9.17, 15) is 0 Å². The average Bonchev–Trinajstić information content (AvgIpc) is 2.39. The summed E-state index contributed by atoms with van der Waals surface area (Å²) in [5.41, 5.74) is 3.47. The lowest BCUT2D eigenvalue weighted by Gasteiger charge is -2.10. The van der Waals surface area contributed by atoms with Crippen molar-refractivity contribution in [1.29, 1.82) is 0 Å². The molecule has 0 radical (unpaired) electrons. The smallest absolute Gasteiger partial charge is 0.0641 e. The maximum atomic E-state index is 8.87. The topological polar surface area (TPSA) is 50.1 Å². The maximum Gasteiger partial charge on any atom is 0.0641 e. The summed E-state index contributed by atoms with van der Waals surface area (Å²) in [7, 11) is 1.95. The van der Waals surface area contributed by atoms with Crippen LogP contribution in [0.15, 0.2) is 0 Å². The SMILES string of the molecule is Cc1nn(C)c(C)c1CN[C@H](C)CO. The van der Waals surface area contributed by atoms with Crippen LogP contribution in [0.4, 0.5) is 0 Å². The summed E-state index contributed by atoms with van der Waals surface area (Å²) in [6.45, 7) is 6.96. The van der Waals surface area contributed by atoms with E-state index in [1.54, 1.807) is 0 Å². The molecule has 80 valence electrons. The van der Waals surface area contributed by atoms with Gasteiger partial charge in [0.2, 0.25) is 0 Å². The van der Waals surface area contributed by atoms with Crippen LogP contribution >= 0.6 is 0 Å². The van der Waals surface area contributed by atoms with Gasteiger partial charge in [-0.15, -0.1) is 0 Å². The van der Waals surface area contributed by atoms with Crippen LogP contribution in [0.2, 0.25) is 0 Å². The normalized spacial score (nSPS) is 13.2. The average molecular weight is 197 g/mol. The van der Waals surface area contributed by atoms with Crippen LogP contribution in [0.3, 0.4) is 0 Å². The van der Waals surface area contributed by atoms with Crippen molar-refractivity contribution in [3.8, 4) is 0 Å². The molecule has 0 spiro atoms. The Morgan fingerprint density at radius 1 is 1.50 bits per heavy atom. The van der Waals surface area contributed by atoms with Crippen molar-refractivity contribution in [3.05, 3.63) is 17.0 Å². The van der Waals surface area contributed by atoms with Crippen molar-refractivity contribution < 1.29 is 5.11 Å².